The minimum Gasteiger partial charge on any atom is -0.495 e. The van der Waals surface area contributed by atoms with Gasteiger partial charge in [0.15, 0.2) is 0 Å². The molecule has 5 rings (SSSR count). The fraction of sp³-hybridized carbons (Fsp3) is 0.241. The number of methoxy groups -OCH3 is 1. The lowest BCUT2D eigenvalue weighted by molar-refractivity contribution is 0.0699. The zero-order valence-electron chi connectivity index (χ0n) is 23.2. The van der Waals surface area contributed by atoms with Gasteiger partial charge in [-0.25, -0.2) is 18.2 Å². The second kappa shape index (κ2) is 14.2. The molecule has 0 amide bonds. The lowest BCUT2D eigenvalue weighted by Crippen LogP contribution is -2.47. The average Bonchev–Trinajstić information content (AvgIpc) is 2.91. The Hall–Kier alpha value is -3.44. The fourth-order valence-electron chi connectivity index (χ4n) is 4.98. The molecule has 2 N–H and O–H groups in total. The predicted molar refractivity (Wildman–Crippen MR) is 175 cm³/mol. The summed E-state index contributed by atoms with van der Waals surface area (Å²) in [5.74, 6) is 0.278. The summed E-state index contributed by atoms with van der Waals surface area (Å²) in [5.41, 5.74) is 3.50. The number of halogens is 3. The molecule has 0 radical (unpaired) electrons. The maximum Gasteiger partial charge on any atom is 0.336 e. The van der Waals surface area contributed by atoms with Gasteiger partial charge in [-0.2, -0.15) is 0 Å². The molecule has 9 nitrogen and oxygen atoms in total. The molecule has 1 saturated heterocycles. The number of rotatable bonds is 7. The van der Waals surface area contributed by atoms with Gasteiger partial charge in [0.25, 0.3) is 10.0 Å². The van der Waals surface area contributed by atoms with Crippen molar-refractivity contribution >= 4 is 81.3 Å². The van der Waals surface area contributed by atoms with Crippen LogP contribution in [0.5, 0.6) is 5.75 Å². The smallest absolute Gasteiger partial charge is 0.336 e. The second-order valence-electron chi connectivity index (χ2n) is 9.64. The van der Waals surface area contributed by atoms with Crippen LogP contribution in [0.15, 0.2) is 71.6 Å². The number of sulfonamides is 1. The molecule has 0 spiro atoms. The van der Waals surface area contributed by atoms with Crippen molar-refractivity contribution in [2.24, 2.45) is 0 Å². The molecule has 13 heteroatoms. The number of aromatic nitrogens is 1. The first-order valence-electron chi connectivity index (χ1n) is 12.6. The molecule has 2 heterocycles. The highest BCUT2D eigenvalue weighted by atomic mass is 35.5. The SMILES string of the molecule is COc1ccccc1N1CCN(c2cc(C(=O)O)c3cc(NS(=O)(=O)c4cc(C)cc(C)c4)ccc3n2)CC1.Cl.Cl.Cl. The molecule has 42 heavy (non-hydrogen) atoms. The maximum atomic E-state index is 13.0. The van der Waals surface area contributed by atoms with E-state index in [4.69, 9.17) is 9.72 Å². The number of carboxylic acids is 1. The Labute approximate surface area is 264 Å². The zero-order valence-corrected chi connectivity index (χ0v) is 26.5. The van der Waals surface area contributed by atoms with Crippen LogP contribution in [0.3, 0.4) is 0 Å². The Bertz CT molecular complexity index is 1660. The van der Waals surface area contributed by atoms with E-state index in [2.05, 4.69) is 14.5 Å². The van der Waals surface area contributed by atoms with Crippen LogP contribution < -0.4 is 19.3 Å². The van der Waals surface area contributed by atoms with Crippen LogP contribution in [0.25, 0.3) is 10.9 Å². The molecular weight excluding hydrogens is 623 g/mol. The van der Waals surface area contributed by atoms with Gasteiger partial charge in [0, 0.05) is 37.3 Å². The van der Waals surface area contributed by atoms with E-state index in [9.17, 15) is 18.3 Å². The second-order valence-corrected chi connectivity index (χ2v) is 11.3. The first-order valence-corrected chi connectivity index (χ1v) is 14.0. The van der Waals surface area contributed by atoms with E-state index in [-0.39, 0.29) is 53.4 Å². The Balaban J connectivity index is 0.00000205. The first kappa shape index (κ1) is 34.8. The van der Waals surface area contributed by atoms with E-state index in [0.29, 0.717) is 29.8 Å². The highest BCUT2D eigenvalue weighted by Crippen LogP contribution is 2.31. The Morgan fingerprint density at radius 3 is 2.12 bits per heavy atom. The summed E-state index contributed by atoms with van der Waals surface area (Å²) < 4.78 is 34.1. The third-order valence-corrected chi connectivity index (χ3v) is 8.17. The molecule has 0 aliphatic carbocycles. The van der Waals surface area contributed by atoms with Gasteiger partial charge >= 0.3 is 5.97 Å². The molecule has 3 aromatic carbocycles. The number of anilines is 3. The van der Waals surface area contributed by atoms with Crippen LogP contribution >= 0.6 is 37.2 Å². The van der Waals surface area contributed by atoms with Gasteiger partial charge in [0.05, 0.1) is 28.8 Å². The molecule has 0 saturated carbocycles. The minimum atomic E-state index is -3.86. The summed E-state index contributed by atoms with van der Waals surface area (Å²) in [7, 11) is -2.20. The first-order chi connectivity index (χ1) is 18.6. The quantitative estimate of drug-likeness (QED) is 0.251. The third kappa shape index (κ3) is 7.30. The number of ether oxygens (including phenoxy) is 1. The third-order valence-electron chi connectivity index (χ3n) is 6.81. The van der Waals surface area contributed by atoms with Crippen molar-refractivity contribution < 1.29 is 23.1 Å². The van der Waals surface area contributed by atoms with Crippen molar-refractivity contribution in [3.63, 3.8) is 0 Å². The number of para-hydroxylation sites is 2. The highest BCUT2D eigenvalue weighted by Gasteiger charge is 2.23. The summed E-state index contributed by atoms with van der Waals surface area (Å²) in [5, 5.41) is 10.4. The number of benzene rings is 3. The molecule has 0 atom stereocenters. The van der Waals surface area contributed by atoms with Crippen LogP contribution in [-0.4, -0.2) is 57.8 Å². The Kier molecular flexibility index (Phi) is 11.7. The van der Waals surface area contributed by atoms with E-state index in [0.717, 1.165) is 35.7 Å². The van der Waals surface area contributed by atoms with E-state index < -0.39 is 16.0 Å². The van der Waals surface area contributed by atoms with Gasteiger partial charge < -0.3 is 19.6 Å². The van der Waals surface area contributed by atoms with Crippen LogP contribution in [-0.2, 0) is 10.0 Å². The number of nitrogens with zero attached hydrogens (tertiary/aromatic N) is 3. The molecule has 226 valence electrons. The van der Waals surface area contributed by atoms with Gasteiger partial charge in [0.1, 0.15) is 11.6 Å². The van der Waals surface area contributed by atoms with Crippen molar-refractivity contribution in [3.8, 4) is 5.75 Å². The standard InChI is InChI=1S/C29H30N4O5S.3ClH/c1-19-14-20(2)16-22(15-19)39(36,37)31-21-8-9-25-23(17-21)24(29(34)35)18-28(30-25)33-12-10-32(11-13-33)26-6-4-5-7-27(26)38-3;;;/h4-9,14-18,31H,10-13H2,1-3H3,(H,34,35);3*1H. The lowest BCUT2D eigenvalue weighted by atomic mass is 10.1. The summed E-state index contributed by atoms with van der Waals surface area (Å²) >= 11 is 0. The van der Waals surface area contributed by atoms with Gasteiger partial charge in [0.2, 0.25) is 0 Å². The molecule has 4 aromatic rings. The van der Waals surface area contributed by atoms with E-state index in [1.54, 1.807) is 37.4 Å². The van der Waals surface area contributed by atoms with Gasteiger partial charge in [-0.15, -0.1) is 37.2 Å². The van der Waals surface area contributed by atoms with E-state index in [1.165, 1.54) is 6.07 Å². The summed E-state index contributed by atoms with van der Waals surface area (Å²) in [4.78, 5) is 21.4. The highest BCUT2D eigenvalue weighted by molar-refractivity contribution is 7.92. The van der Waals surface area contributed by atoms with Crippen LogP contribution in [0.1, 0.15) is 21.5 Å². The van der Waals surface area contributed by atoms with E-state index in [1.807, 2.05) is 44.2 Å². The molecule has 0 bridgehead atoms. The zero-order chi connectivity index (χ0) is 27.7. The largest absolute Gasteiger partial charge is 0.495 e. The normalized spacial score (nSPS) is 12.9. The Morgan fingerprint density at radius 1 is 0.881 bits per heavy atom. The molecular formula is C29H33Cl3N4O5S. The lowest BCUT2D eigenvalue weighted by Gasteiger charge is -2.37. The number of piperazine rings is 1. The van der Waals surface area contributed by atoms with Crippen molar-refractivity contribution in [1.29, 1.82) is 0 Å². The average molecular weight is 656 g/mol. The number of hydrogen-bond donors (Lipinski definition) is 2. The van der Waals surface area contributed by atoms with Gasteiger partial charge in [-0.1, -0.05) is 18.2 Å². The number of carboxylic acid groups (broad SMARTS) is 1. The molecule has 1 aromatic heterocycles. The van der Waals surface area contributed by atoms with Crippen LogP contribution in [0, 0.1) is 13.8 Å². The number of aryl methyl sites for hydroxylation is 2. The van der Waals surface area contributed by atoms with Crippen molar-refractivity contribution in [3.05, 3.63) is 83.4 Å². The number of nitrogens with one attached hydrogen (secondary N) is 1. The topological polar surface area (TPSA) is 112 Å². The van der Waals surface area contributed by atoms with Crippen molar-refractivity contribution in [2.45, 2.75) is 18.7 Å². The van der Waals surface area contributed by atoms with Crippen LogP contribution in [0.2, 0.25) is 0 Å². The number of hydrogen-bond acceptors (Lipinski definition) is 7. The van der Waals surface area contributed by atoms with Gasteiger partial charge in [-0.05, 0) is 73.5 Å². The van der Waals surface area contributed by atoms with Gasteiger partial charge in [-0.3, -0.25) is 4.72 Å². The minimum absolute atomic E-state index is 0. The molecule has 1 fully saturated rings. The van der Waals surface area contributed by atoms with Crippen molar-refractivity contribution in [2.75, 3.05) is 47.8 Å². The Morgan fingerprint density at radius 2 is 1.50 bits per heavy atom. The van der Waals surface area contributed by atoms with Crippen LogP contribution in [0.4, 0.5) is 17.2 Å². The summed E-state index contributed by atoms with van der Waals surface area (Å²) in [6.45, 7) is 6.43. The molecule has 1 aliphatic rings. The van der Waals surface area contributed by atoms with E-state index >= 15 is 0 Å². The molecule has 0 unspecified atom stereocenters. The summed E-state index contributed by atoms with van der Waals surface area (Å²) in [6.07, 6.45) is 0. The summed E-state index contributed by atoms with van der Waals surface area (Å²) in [6, 6.07) is 19.3. The fourth-order valence-corrected chi connectivity index (χ4v) is 6.22. The number of fused-ring (bicyclic) bond motifs is 1. The molecule has 1 aliphatic heterocycles. The number of carbonyl (C=O) groups is 1. The monoisotopic (exact) mass is 654 g/mol. The maximum absolute atomic E-state index is 13.0. The number of pyridine rings is 1. The van der Waals surface area contributed by atoms with Crippen molar-refractivity contribution in [1.82, 2.24) is 4.98 Å². The predicted octanol–water partition coefficient (Wildman–Crippen LogP) is 5.95. The number of aromatic carboxylic acids is 1.